The van der Waals surface area contributed by atoms with E-state index in [9.17, 15) is 9.59 Å². The van der Waals surface area contributed by atoms with Crippen molar-refractivity contribution in [3.63, 3.8) is 0 Å². The van der Waals surface area contributed by atoms with Gasteiger partial charge in [0.05, 0.1) is 6.54 Å². The van der Waals surface area contributed by atoms with Gasteiger partial charge in [0.15, 0.2) is 0 Å². The molecule has 1 aromatic carbocycles. The van der Waals surface area contributed by atoms with Crippen molar-refractivity contribution in [2.45, 2.75) is 13.1 Å². The van der Waals surface area contributed by atoms with Gasteiger partial charge in [-0.2, -0.15) is 4.98 Å². The Hall–Kier alpha value is -3.04. The first-order valence-electron chi connectivity index (χ1n) is 9.59. The van der Waals surface area contributed by atoms with Gasteiger partial charge in [-0.1, -0.05) is 35.5 Å². The second kappa shape index (κ2) is 8.14. The lowest BCUT2D eigenvalue weighted by Crippen LogP contribution is -2.47. The molecule has 4 rings (SSSR count). The van der Waals surface area contributed by atoms with Gasteiger partial charge >= 0.3 is 5.69 Å². The fraction of sp³-hybridized carbons (Fsp3) is 0.400. The third kappa shape index (κ3) is 4.20. The Morgan fingerprint density at radius 3 is 2.31 bits per heavy atom. The van der Waals surface area contributed by atoms with E-state index in [4.69, 9.17) is 4.52 Å². The molecule has 9 nitrogen and oxygen atoms in total. The highest BCUT2D eigenvalue weighted by atomic mass is 16.5. The van der Waals surface area contributed by atoms with Crippen LogP contribution in [0.4, 0.5) is 0 Å². The molecule has 0 spiro atoms. The highest BCUT2D eigenvalue weighted by Gasteiger charge is 2.21. The highest BCUT2D eigenvalue weighted by Crippen LogP contribution is 2.16. The van der Waals surface area contributed by atoms with E-state index in [2.05, 4.69) is 19.9 Å². The molecule has 0 unspecified atom stereocenters. The van der Waals surface area contributed by atoms with Crippen molar-refractivity contribution in [2.24, 2.45) is 14.1 Å². The van der Waals surface area contributed by atoms with E-state index in [0.717, 1.165) is 36.3 Å². The van der Waals surface area contributed by atoms with E-state index < -0.39 is 0 Å². The molecular formula is C20H24N6O3. The first-order chi connectivity index (χ1) is 14.0. The van der Waals surface area contributed by atoms with Crippen LogP contribution in [0.15, 0.2) is 50.6 Å². The second-order valence-corrected chi connectivity index (χ2v) is 7.34. The summed E-state index contributed by atoms with van der Waals surface area (Å²) in [5.74, 6) is 1.20. The lowest BCUT2D eigenvalue weighted by atomic mass is 10.2. The molecule has 0 radical (unpaired) electrons. The van der Waals surface area contributed by atoms with Crippen LogP contribution in [0.5, 0.6) is 0 Å². The zero-order valence-electron chi connectivity index (χ0n) is 16.6. The molecule has 29 heavy (non-hydrogen) atoms. The molecular weight excluding hydrogens is 372 g/mol. The van der Waals surface area contributed by atoms with E-state index in [0.29, 0.717) is 30.4 Å². The van der Waals surface area contributed by atoms with Gasteiger partial charge in [0.25, 0.3) is 5.56 Å². The van der Waals surface area contributed by atoms with E-state index in [-0.39, 0.29) is 11.2 Å². The standard InChI is InChI=1S/C20H24N6O3/c1-23-12-16(19(27)24(2)20(23)28)13-25-8-10-26(11-9-25)14-17-21-18(22-29-17)15-6-4-3-5-7-15/h3-7,12H,8-11,13-14H2,1-2H3. The summed E-state index contributed by atoms with van der Waals surface area (Å²) in [7, 11) is 3.18. The third-order valence-electron chi connectivity index (χ3n) is 5.24. The van der Waals surface area contributed by atoms with Crippen LogP contribution in [0.1, 0.15) is 11.5 Å². The van der Waals surface area contributed by atoms with Crippen molar-refractivity contribution < 1.29 is 4.52 Å². The smallest absolute Gasteiger partial charge is 0.330 e. The normalized spacial score (nSPS) is 15.7. The summed E-state index contributed by atoms with van der Waals surface area (Å²) in [5.41, 5.74) is 1.03. The predicted octanol–water partition coefficient (Wildman–Crippen LogP) is 0.452. The molecule has 9 heteroatoms. The van der Waals surface area contributed by atoms with Gasteiger partial charge in [-0.3, -0.25) is 19.2 Å². The molecule has 0 atom stereocenters. The third-order valence-corrected chi connectivity index (χ3v) is 5.24. The molecule has 1 saturated heterocycles. The van der Waals surface area contributed by atoms with Crippen LogP contribution >= 0.6 is 0 Å². The maximum atomic E-state index is 12.3. The maximum absolute atomic E-state index is 12.3. The maximum Gasteiger partial charge on any atom is 0.330 e. The van der Waals surface area contributed by atoms with Crippen LogP contribution in [0.2, 0.25) is 0 Å². The molecule has 0 aliphatic carbocycles. The first-order valence-corrected chi connectivity index (χ1v) is 9.59. The fourth-order valence-corrected chi connectivity index (χ4v) is 3.55. The Kier molecular flexibility index (Phi) is 5.41. The zero-order valence-corrected chi connectivity index (χ0v) is 16.6. The summed E-state index contributed by atoms with van der Waals surface area (Å²) in [6.45, 7) is 4.48. The number of benzene rings is 1. The zero-order chi connectivity index (χ0) is 20.4. The van der Waals surface area contributed by atoms with Crippen molar-refractivity contribution in [1.29, 1.82) is 0 Å². The minimum absolute atomic E-state index is 0.227. The molecule has 3 heterocycles. The molecule has 0 N–H and O–H groups in total. The van der Waals surface area contributed by atoms with Gasteiger partial charge in [0.1, 0.15) is 0 Å². The van der Waals surface area contributed by atoms with Gasteiger partial charge in [-0.05, 0) is 0 Å². The number of hydrogen-bond donors (Lipinski definition) is 0. The quantitative estimate of drug-likeness (QED) is 0.619. The van der Waals surface area contributed by atoms with Crippen LogP contribution in [0, 0.1) is 0 Å². The van der Waals surface area contributed by atoms with Crippen molar-refractivity contribution in [3.8, 4) is 11.4 Å². The molecule has 1 fully saturated rings. The van der Waals surface area contributed by atoms with Crippen LogP contribution < -0.4 is 11.2 Å². The monoisotopic (exact) mass is 396 g/mol. The SMILES string of the molecule is Cn1cc(CN2CCN(Cc3nc(-c4ccccc4)no3)CC2)c(=O)n(C)c1=O. The summed E-state index contributed by atoms with van der Waals surface area (Å²) in [5, 5.41) is 4.07. The lowest BCUT2D eigenvalue weighted by Gasteiger charge is -2.33. The Labute approximate surface area is 167 Å². The Bertz CT molecular complexity index is 1090. The first kappa shape index (κ1) is 19.3. The van der Waals surface area contributed by atoms with E-state index in [1.165, 1.54) is 11.6 Å². The number of aryl methyl sites for hydroxylation is 1. The van der Waals surface area contributed by atoms with Gasteiger partial charge in [-0.25, -0.2) is 4.79 Å². The lowest BCUT2D eigenvalue weighted by molar-refractivity contribution is 0.111. The van der Waals surface area contributed by atoms with Crippen molar-refractivity contribution in [3.05, 3.63) is 68.8 Å². The Morgan fingerprint density at radius 2 is 1.62 bits per heavy atom. The molecule has 0 amide bonds. The molecule has 0 saturated carbocycles. The van der Waals surface area contributed by atoms with Gasteiger partial charge in [0, 0.05) is 64.1 Å². The minimum atomic E-state index is -0.307. The van der Waals surface area contributed by atoms with Crippen molar-refractivity contribution in [1.82, 2.24) is 29.1 Å². The molecule has 1 aliphatic rings. The molecule has 152 valence electrons. The largest absolute Gasteiger partial charge is 0.338 e. The molecule has 1 aliphatic heterocycles. The van der Waals surface area contributed by atoms with E-state index >= 15 is 0 Å². The van der Waals surface area contributed by atoms with Gasteiger partial charge in [0.2, 0.25) is 11.7 Å². The molecule has 0 bridgehead atoms. The number of aromatic nitrogens is 4. The van der Waals surface area contributed by atoms with Crippen molar-refractivity contribution in [2.75, 3.05) is 26.2 Å². The van der Waals surface area contributed by atoms with E-state index in [1.54, 1.807) is 13.2 Å². The average molecular weight is 396 g/mol. The van der Waals surface area contributed by atoms with Gasteiger partial charge in [-0.15, -0.1) is 0 Å². The van der Waals surface area contributed by atoms with Crippen LogP contribution in [0.3, 0.4) is 0 Å². The van der Waals surface area contributed by atoms with E-state index in [1.807, 2.05) is 30.3 Å². The summed E-state index contributed by atoms with van der Waals surface area (Å²) in [4.78, 5) is 33.1. The number of rotatable bonds is 5. The molecule has 3 aromatic rings. The topological polar surface area (TPSA) is 89.4 Å². The Balaban J connectivity index is 1.34. The average Bonchev–Trinajstić information content (AvgIpc) is 3.21. The minimum Gasteiger partial charge on any atom is -0.338 e. The van der Waals surface area contributed by atoms with Crippen molar-refractivity contribution >= 4 is 0 Å². The fourth-order valence-electron chi connectivity index (χ4n) is 3.55. The second-order valence-electron chi connectivity index (χ2n) is 7.34. The highest BCUT2D eigenvalue weighted by molar-refractivity contribution is 5.53. The Morgan fingerprint density at radius 1 is 0.966 bits per heavy atom. The summed E-state index contributed by atoms with van der Waals surface area (Å²) >= 11 is 0. The number of nitrogens with zero attached hydrogens (tertiary/aromatic N) is 6. The number of piperazine rings is 1. The summed E-state index contributed by atoms with van der Waals surface area (Å²) in [6, 6.07) is 9.76. The summed E-state index contributed by atoms with van der Waals surface area (Å²) < 4.78 is 8.01. The van der Waals surface area contributed by atoms with Crippen LogP contribution in [-0.4, -0.2) is 55.3 Å². The van der Waals surface area contributed by atoms with Crippen LogP contribution in [-0.2, 0) is 27.2 Å². The van der Waals surface area contributed by atoms with Gasteiger partial charge < -0.3 is 9.09 Å². The summed E-state index contributed by atoms with van der Waals surface area (Å²) in [6.07, 6.45) is 1.64. The van der Waals surface area contributed by atoms with Crippen LogP contribution in [0.25, 0.3) is 11.4 Å². The number of hydrogen-bond acceptors (Lipinski definition) is 7. The molecule has 2 aromatic heterocycles. The predicted molar refractivity (Wildman–Crippen MR) is 107 cm³/mol.